The molecule has 0 bridgehead atoms. The van der Waals surface area contributed by atoms with E-state index >= 15 is 4.39 Å². The molecule has 16 heteroatoms. The number of carbonyl (C=O) groups is 1. The van der Waals surface area contributed by atoms with Crippen molar-refractivity contribution in [3.8, 4) is 11.1 Å². The lowest BCUT2D eigenvalue weighted by molar-refractivity contribution is -0.146. The summed E-state index contributed by atoms with van der Waals surface area (Å²) in [5.74, 6) is -1.30. The number of benzene rings is 1. The number of morpholine rings is 1. The lowest BCUT2D eigenvalue weighted by Gasteiger charge is -2.27. The van der Waals surface area contributed by atoms with E-state index in [1.165, 1.54) is 25.5 Å². The Kier molecular flexibility index (Phi) is 9.10. The van der Waals surface area contributed by atoms with Crippen molar-refractivity contribution < 1.29 is 35.9 Å². The zero-order valence-electron chi connectivity index (χ0n) is 23.5. The number of amides is 1. The summed E-state index contributed by atoms with van der Waals surface area (Å²) in [5.41, 5.74) is -1.68. The largest absolute Gasteiger partial charge is 0.401 e. The van der Waals surface area contributed by atoms with Crippen LogP contribution in [0.3, 0.4) is 0 Å². The lowest BCUT2D eigenvalue weighted by Crippen LogP contribution is -2.40. The highest BCUT2D eigenvalue weighted by atomic mass is 19.4. The maximum absolute atomic E-state index is 15.7. The molecule has 44 heavy (non-hydrogen) atoms. The number of nitrogens with zero attached hydrogens (tertiary/aromatic N) is 5. The summed E-state index contributed by atoms with van der Waals surface area (Å²) in [6.07, 6.45) is -3.53. The number of halogens is 6. The molecule has 5 rings (SSSR count). The minimum absolute atomic E-state index is 0.00179. The Hall–Kier alpha value is -4.18. The van der Waals surface area contributed by atoms with Gasteiger partial charge in [0.15, 0.2) is 0 Å². The molecule has 4 heterocycles. The highest BCUT2D eigenvalue weighted by molar-refractivity contribution is 6.07. The van der Waals surface area contributed by atoms with Crippen molar-refractivity contribution in [1.82, 2.24) is 19.9 Å². The molecule has 0 saturated carbocycles. The lowest BCUT2D eigenvalue weighted by atomic mass is 10.0. The molecule has 2 aliphatic heterocycles. The number of nitrogens with one attached hydrogen (secondary N) is 2. The van der Waals surface area contributed by atoms with Crippen LogP contribution in [0.2, 0.25) is 0 Å². The smallest absolute Gasteiger partial charge is 0.378 e. The van der Waals surface area contributed by atoms with Crippen molar-refractivity contribution >= 4 is 23.2 Å². The summed E-state index contributed by atoms with van der Waals surface area (Å²) < 4.78 is 87.4. The van der Waals surface area contributed by atoms with Crippen LogP contribution >= 0.6 is 0 Å². The molecule has 1 amide bonds. The average Bonchev–Trinajstić information content (AvgIpc) is 3.48. The Balaban J connectivity index is 1.49. The minimum atomic E-state index is -4.41. The van der Waals surface area contributed by atoms with Gasteiger partial charge < -0.3 is 24.8 Å². The van der Waals surface area contributed by atoms with E-state index in [0.717, 1.165) is 17.2 Å². The summed E-state index contributed by atoms with van der Waals surface area (Å²) in [4.78, 5) is 40.4. The van der Waals surface area contributed by atoms with Gasteiger partial charge in [-0.25, -0.2) is 23.1 Å². The summed E-state index contributed by atoms with van der Waals surface area (Å²) in [5, 5.41) is 2.54. The van der Waals surface area contributed by atoms with Crippen molar-refractivity contribution in [1.29, 1.82) is 0 Å². The molecule has 10 nitrogen and oxygen atoms in total. The molecular formula is C28H29F6N7O3. The fourth-order valence-electron chi connectivity index (χ4n) is 5.32. The topological polar surface area (TPSA) is 107 Å². The van der Waals surface area contributed by atoms with Crippen molar-refractivity contribution in [3.63, 3.8) is 0 Å². The van der Waals surface area contributed by atoms with Crippen molar-refractivity contribution in [2.75, 3.05) is 68.1 Å². The van der Waals surface area contributed by atoms with Crippen LogP contribution in [0.1, 0.15) is 28.8 Å². The molecule has 2 N–H and O–H groups in total. The van der Waals surface area contributed by atoms with Crippen LogP contribution in [0.5, 0.6) is 0 Å². The molecule has 2 saturated heterocycles. The van der Waals surface area contributed by atoms with Crippen molar-refractivity contribution in [2.24, 2.45) is 0 Å². The Morgan fingerprint density at radius 1 is 1.14 bits per heavy atom. The summed E-state index contributed by atoms with van der Waals surface area (Å²) >= 11 is 0. The molecule has 1 aromatic carbocycles. The van der Waals surface area contributed by atoms with Crippen LogP contribution in [-0.4, -0.2) is 91.0 Å². The fourth-order valence-corrected chi connectivity index (χ4v) is 5.32. The molecule has 1 atom stereocenters. The van der Waals surface area contributed by atoms with E-state index in [0.29, 0.717) is 44.7 Å². The molecule has 2 aromatic heterocycles. The number of likely N-dealkylation sites (N-methyl/N-ethyl adjacent to an activating group) is 1. The van der Waals surface area contributed by atoms with Crippen molar-refractivity contribution in [3.05, 3.63) is 64.1 Å². The molecule has 236 valence electrons. The van der Waals surface area contributed by atoms with Crippen LogP contribution in [0.25, 0.3) is 11.1 Å². The number of rotatable bonds is 8. The van der Waals surface area contributed by atoms with E-state index in [2.05, 4.69) is 20.3 Å². The third kappa shape index (κ3) is 7.13. The minimum Gasteiger partial charge on any atom is -0.378 e. The third-order valence-electron chi connectivity index (χ3n) is 7.57. The molecule has 0 spiro atoms. The maximum Gasteiger partial charge on any atom is 0.401 e. The van der Waals surface area contributed by atoms with E-state index < -0.39 is 53.6 Å². The van der Waals surface area contributed by atoms with Gasteiger partial charge in [-0.15, -0.1) is 0 Å². The molecule has 0 radical (unpaired) electrons. The number of pyridine rings is 1. The number of ether oxygens (including phenoxy) is 1. The number of carbonyl (C=O) groups excluding carboxylic acids is 1. The predicted molar refractivity (Wildman–Crippen MR) is 150 cm³/mol. The first-order valence-electron chi connectivity index (χ1n) is 13.7. The van der Waals surface area contributed by atoms with Gasteiger partial charge in [-0.3, -0.25) is 14.5 Å². The Bertz CT molecular complexity index is 1540. The second-order valence-corrected chi connectivity index (χ2v) is 10.6. The Morgan fingerprint density at radius 2 is 1.84 bits per heavy atom. The van der Waals surface area contributed by atoms with E-state index in [-0.39, 0.29) is 35.6 Å². The second-order valence-electron chi connectivity index (χ2n) is 10.6. The van der Waals surface area contributed by atoms with Gasteiger partial charge >= 0.3 is 6.18 Å². The third-order valence-corrected chi connectivity index (χ3v) is 7.57. The maximum atomic E-state index is 15.7. The van der Waals surface area contributed by atoms with Gasteiger partial charge in [0, 0.05) is 73.6 Å². The summed E-state index contributed by atoms with van der Waals surface area (Å²) in [6, 6.07) is 2.53. The summed E-state index contributed by atoms with van der Waals surface area (Å²) in [6.45, 7) is 1.38. The highest BCUT2D eigenvalue weighted by Gasteiger charge is 2.35. The number of hydrogen-bond acceptors (Lipinski definition) is 8. The van der Waals surface area contributed by atoms with E-state index in [1.54, 1.807) is 4.90 Å². The van der Waals surface area contributed by atoms with E-state index in [4.69, 9.17) is 4.74 Å². The zero-order chi connectivity index (χ0) is 31.6. The van der Waals surface area contributed by atoms with Gasteiger partial charge in [-0.05, 0) is 25.6 Å². The molecule has 0 unspecified atom stereocenters. The van der Waals surface area contributed by atoms with Gasteiger partial charge in [0.1, 0.15) is 5.82 Å². The number of hydrogen-bond donors (Lipinski definition) is 2. The van der Waals surface area contributed by atoms with Crippen LogP contribution in [-0.2, 0) is 4.74 Å². The molecule has 2 fully saturated rings. The van der Waals surface area contributed by atoms with E-state index in [1.807, 2.05) is 4.90 Å². The predicted octanol–water partition coefficient (Wildman–Crippen LogP) is 4.07. The number of alkyl halides is 5. The van der Waals surface area contributed by atoms with Crippen LogP contribution < -0.4 is 20.7 Å². The standard InChI is InChI=1S/C28H29F6N7O3/c1-39(15-28(32,33)34)17-2-3-41(14-17)23-10-21(29)18(16-11-36-27(37-12-16)40-4-6-44-7-5-40)8-22(23)38-26(43)20-13-35-24(42)9-19(20)25(30)31/h8-13,17,25H,2-7,14-15H2,1H3,(H,35,42)(H,38,43)/t17-/m1/s1. The Labute approximate surface area is 247 Å². The number of H-pyrrole nitrogens is 1. The monoisotopic (exact) mass is 625 g/mol. The van der Waals surface area contributed by atoms with Crippen LogP contribution in [0.15, 0.2) is 41.6 Å². The molecular weight excluding hydrogens is 596 g/mol. The van der Waals surface area contributed by atoms with E-state index in [9.17, 15) is 31.5 Å². The zero-order valence-corrected chi connectivity index (χ0v) is 23.5. The van der Waals surface area contributed by atoms with Crippen molar-refractivity contribution in [2.45, 2.75) is 25.1 Å². The van der Waals surface area contributed by atoms with Gasteiger partial charge in [-0.2, -0.15) is 13.2 Å². The first-order chi connectivity index (χ1) is 20.9. The molecule has 2 aliphatic rings. The summed E-state index contributed by atoms with van der Waals surface area (Å²) in [7, 11) is 1.34. The highest BCUT2D eigenvalue weighted by Crippen LogP contribution is 2.37. The average molecular weight is 626 g/mol. The van der Waals surface area contributed by atoms with Gasteiger partial charge in [0.25, 0.3) is 12.3 Å². The molecule has 3 aromatic rings. The normalized spacial score (nSPS) is 17.5. The first kappa shape index (κ1) is 31.3. The first-order valence-corrected chi connectivity index (χ1v) is 13.7. The SMILES string of the molecule is CN(CC(F)(F)F)[C@@H]1CCN(c2cc(F)c(-c3cnc(N4CCOCC4)nc3)cc2NC(=O)c2c[nH]c(=O)cc2C(F)F)C1. The van der Waals surface area contributed by atoms with Gasteiger partial charge in [-0.1, -0.05) is 0 Å². The second kappa shape index (κ2) is 12.8. The number of anilines is 3. The Morgan fingerprint density at radius 3 is 2.50 bits per heavy atom. The molecule has 0 aliphatic carbocycles. The van der Waals surface area contributed by atoms with Gasteiger partial charge in [0.2, 0.25) is 11.5 Å². The number of aromatic nitrogens is 3. The quantitative estimate of drug-likeness (QED) is 0.361. The van der Waals surface area contributed by atoms with Crippen LogP contribution in [0, 0.1) is 5.82 Å². The van der Waals surface area contributed by atoms with Crippen LogP contribution in [0.4, 0.5) is 43.7 Å². The number of aromatic amines is 1. The fraction of sp³-hybridized carbons (Fsp3) is 0.429. The van der Waals surface area contributed by atoms with Gasteiger partial charge in [0.05, 0.1) is 36.7 Å².